The van der Waals surface area contributed by atoms with Gasteiger partial charge in [0.15, 0.2) is 5.82 Å². The average molecular weight is 327 g/mol. The Kier molecular flexibility index (Phi) is 4.72. The Morgan fingerprint density at radius 3 is 2.08 bits per heavy atom. The third-order valence-corrected chi connectivity index (χ3v) is 4.80. The predicted octanol–water partition coefficient (Wildman–Crippen LogP) is 3.74. The van der Waals surface area contributed by atoms with Crippen LogP contribution in [0.15, 0.2) is 24.3 Å². The molecule has 0 unspecified atom stereocenters. The minimum atomic E-state index is -0.130. The van der Waals surface area contributed by atoms with Crippen molar-refractivity contribution >= 4 is 0 Å². The second kappa shape index (κ2) is 6.63. The van der Waals surface area contributed by atoms with Gasteiger partial charge in [0, 0.05) is 0 Å². The van der Waals surface area contributed by atoms with E-state index in [9.17, 15) is 0 Å². The predicted molar refractivity (Wildman–Crippen MR) is 96.0 cm³/mol. The maximum absolute atomic E-state index is 4.42. The van der Waals surface area contributed by atoms with Gasteiger partial charge in [-0.05, 0) is 74.2 Å². The first kappa shape index (κ1) is 17.1. The molecule has 2 aromatic rings. The van der Waals surface area contributed by atoms with Crippen molar-refractivity contribution in [2.45, 2.75) is 65.0 Å². The van der Waals surface area contributed by atoms with Crippen LogP contribution in [-0.2, 0) is 5.54 Å². The molecule has 0 amide bonds. The van der Waals surface area contributed by atoms with Gasteiger partial charge in [0.25, 0.3) is 0 Å². The van der Waals surface area contributed by atoms with Crippen LogP contribution in [0.3, 0.4) is 0 Å². The first-order chi connectivity index (χ1) is 11.4. The molecule has 1 aliphatic rings. The Morgan fingerprint density at radius 2 is 1.54 bits per heavy atom. The molecule has 24 heavy (non-hydrogen) atoms. The minimum absolute atomic E-state index is 0.128. The molecule has 3 rings (SSSR count). The van der Waals surface area contributed by atoms with Crippen LogP contribution in [0.25, 0.3) is 0 Å². The van der Waals surface area contributed by atoms with E-state index in [0.29, 0.717) is 5.92 Å². The normalized spacial score (nSPS) is 17.6. The summed E-state index contributed by atoms with van der Waals surface area (Å²) in [6.45, 7) is 13.1. The lowest BCUT2D eigenvalue weighted by Crippen LogP contribution is -2.33. The molecule has 0 saturated carbocycles. The van der Waals surface area contributed by atoms with Gasteiger partial charge in [0.05, 0.1) is 11.6 Å². The van der Waals surface area contributed by atoms with Crippen LogP contribution < -0.4 is 0 Å². The number of likely N-dealkylation sites (tertiary alicyclic amines) is 1. The molecule has 0 spiro atoms. The molecule has 0 aliphatic carbocycles. The second-order valence-corrected chi connectivity index (χ2v) is 8.09. The molecule has 1 saturated heterocycles. The lowest BCUT2D eigenvalue weighted by molar-refractivity contribution is 0.242. The van der Waals surface area contributed by atoms with Gasteiger partial charge in [-0.1, -0.05) is 38.1 Å². The Balaban J connectivity index is 2.03. The zero-order valence-corrected chi connectivity index (χ0v) is 15.5. The molecule has 1 atom stereocenters. The molecule has 130 valence electrons. The third kappa shape index (κ3) is 3.36. The van der Waals surface area contributed by atoms with E-state index in [2.05, 4.69) is 79.3 Å². The molecule has 0 N–H and O–H groups in total. The largest absolute Gasteiger partial charge is 0.290 e. The molecule has 0 bridgehead atoms. The monoisotopic (exact) mass is 327 g/mol. The highest BCUT2D eigenvalue weighted by Gasteiger charge is 2.32. The summed E-state index contributed by atoms with van der Waals surface area (Å²) < 4.78 is 1.98. The summed E-state index contributed by atoms with van der Waals surface area (Å²) in [5.74, 6) is 1.49. The van der Waals surface area contributed by atoms with E-state index in [-0.39, 0.29) is 11.6 Å². The fourth-order valence-electron chi connectivity index (χ4n) is 3.43. The standard InChI is InChI=1S/C19H29N5/c1-14(2)15-8-10-16(11-9-15)17(23-12-6-7-13-23)18-20-21-22-24(18)19(3,4)5/h8-11,14,17H,6-7,12-13H2,1-5H3/t17-/m1/s1. The van der Waals surface area contributed by atoms with Gasteiger partial charge < -0.3 is 0 Å². The van der Waals surface area contributed by atoms with Crippen molar-refractivity contribution in [1.29, 1.82) is 0 Å². The van der Waals surface area contributed by atoms with Crippen molar-refractivity contribution in [3.63, 3.8) is 0 Å². The molecule has 1 fully saturated rings. The average Bonchev–Trinajstić information content (AvgIpc) is 3.19. The molecule has 1 aromatic heterocycles. The quantitative estimate of drug-likeness (QED) is 0.858. The highest BCUT2D eigenvalue weighted by Crippen LogP contribution is 2.32. The Hall–Kier alpha value is -1.75. The van der Waals surface area contributed by atoms with Gasteiger partial charge in [-0.25, -0.2) is 4.68 Å². The Labute approximate surface area is 145 Å². The summed E-state index contributed by atoms with van der Waals surface area (Å²) in [6.07, 6.45) is 2.50. The first-order valence-corrected chi connectivity index (χ1v) is 9.00. The van der Waals surface area contributed by atoms with Gasteiger partial charge in [0.1, 0.15) is 0 Å². The van der Waals surface area contributed by atoms with Crippen LogP contribution in [0.2, 0.25) is 0 Å². The van der Waals surface area contributed by atoms with Crippen LogP contribution in [-0.4, -0.2) is 38.2 Å². The van der Waals surface area contributed by atoms with Gasteiger partial charge >= 0.3 is 0 Å². The van der Waals surface area contributed by atoms with Crippen molar-refractivity contribution in [2.24, 2.45) is 0 Å². The minimum Gasteiger partial charge on any atom is -0.290 e. The van der Waals surface area contributed by atoms with E-state index in [1.54, 1.807) is 0 Å². The maximum Gasteiger partial charge on any atom is 0.173 e. The van der Waals surface area contributed by atoms with Crippen molar-refractivity contribution in [1.82, 2.24) is 25.1 Å². The summed E-state index contributed by atoms with van der Waals surface area (Å²) in [6, 6.07) is 9.12. The number of hydrogen-bond donors (Lipinski definition) is 0. The number of nitrogens with zero attached hydrogens (tertiary/aromatic N) is 5. The van der Waals surface area contributed by atoms with Gasteiger partial charge in [-0.3, -0.25) is 4.90 Å². The fraction of sp³-hybridized carbons (Fsp3) is 0.632. The number of aromatic nitrogens is 4. The third-order valence-electron chi connectivity index (χ3n) is 4.80. The van der Waals surface area contributed by atoms with E-state index in [1.807, 2.05) is 4.68 Å². The summed E-state index contributed by atoms with van der Waals surface area (Å²) in [5.41, 5.74) is 2.52. The summed E-state index contributed by atoms with van der Waals surface area (Å²) in [7, 11) is 0. The number of benzene rings is 1. The fourth-order valence-corrected chi connectivity index (χ4v) is 3.43. The molecule has 0 radical (unpaired) electrons. The molecule has 1 aliphatic heterocycles. The zero-order chi connectivity index (χ0) is 17.3. The van der Waals surface area contributed by atoms with E-state index in [4.69, 9.17) is 0 Å². The van der Waals surface area contributed by atoms with E-state index < -0.39 is 0 Å². The van der Waals surface area contributed by atoms with Crippen LogP contribution in [0.5, 0.6) is 0 Å². The summed E-state index contributed by atoms with van der Waals surface area (Å²) in [5, 5.41) is 12.7. The van der Waals surface area contributed by atoms with Crippen molar-refractivity contribution < 1.29 is 0 Å². The lowest BCUT2D eigenvalue weighted by Gasteiger charge is -2.30. The van der Waals surface area contributed by atoms with E-state index in [0.717, 1.165) is 18.9 Å². The molecule has 5 nitrogen and oxygen atoms in total. The zero-order valence-electron chi connectivity index (χ0n) is 15.5. The highest BCUT2D eigenvalue weighted by molar-refractivity contribution is 5.30. The van der Waals surface area contributed by atoms with E-state index >= 15 is 0 Å². The molecule has 2 heterocycles. The number of tetrazole rings is 1. The first-order valence-electron chi connectivity index (χ1n) is 9.00. The van der Waals surface area contributed by atoms with Crippen molar-refractivity contribution in [3.05, 3.63) is 41.2 Å². The van der Waals surface area contributed by atoms with Gasteiger partial charge in [-0.15, -0.1) is 5.10 Å². The van der Waals surface area contributed by atoms with Crippen LogP contribution in [0.1, 0.15) is 76.4 Å². The van der Waals surface area contributed by atoms with Crippen LogP contribution in [0.4, 0.5) is 0 Å². The van der Waals surface area contributed by atoms with Gasteiger partial charge in [-0.2, -0.15) is 0 Å². The van der Waals surface area contributed by atoms with Crippen molar-refractivity contribution in [3.8, 4) is 0 Å². The topological polar surface area (TPSA) is 46.8 Å². The Bertz CT molecular complexity index is 660. The van der Waals surface area contributed by atoms with Gasteiger partial charge in [0.2, 0.25) is 0 Å². The number of rotatable bonds is 4. The highest BCUT2D eigenvalue weighted by atomic mass is 15.6. The maximum atomic E-state index is 4.42. The summed E-state index contributed by atoms with van der Waals surface area (Å²) in [4.78, 5) is 2.51. The van der Waals surface area contributed by atoms with Crippen LogP contribution in [0, 0.1) is 0 Å². The molecule has 5 heteroatoms. The molecular formula is C19H29N5. The number of hydrogen-bond acceptors (Lipinski definition) is 4. The lowest BCUT2D eigenvalue weighted by atomic mass is 9.97. The summed E-state index contributed by atoms with van der Waals surface area (Å²) >= 11 is 0. The SMILES string of the molecule is CC(C)c1ccc([C@H](c2nnnn2C(C)(C)C)N2CCCC2)cc1. The molecule has 1 aromatic carbocycles. The smallest absolute Gasteiger partial charge is 0.173 e. The Morgan fingerprint density at radius 1 is 0.958 bits per heavy atom. The van der Waals surface area contributed by atoms with Crippen molar-refractivity contribution in [2.75, 3.05) is 13.1 Å². The van der Waals surface area contributed by atoms with E-state index in [1.165, 1.54) is 24.0 Å². The second-order valence-electron chi connectivity index (χ2n) is 8.09. The van der Waals surface area contributed by atoms with Crippen LogP contribution >= 0.6 is 0 Å². The molecular weight excluding hydrogens is 298 g/mol.